The van der Waals surface area contributed by atoms with Crippen molar-refractivity contribution in [1.29, 1.82) is 0 Å². The van der Waals surface area contributed by atoms with Gasteiger partial charge in [-0.25, -0.2) is 26.0 Å². The highest BCUT2D eigenvalue weighted by atomic mass is 32.2. The third-order valence-electron chi connectivity index (χ3n) is 4.24. The van der Waals surface area contributed by atoms with E-state index in [2.05, 4.69) is 5.32 Å². The molecule has 28 heavy (non-hydrogen) atoms. The molecule has 1 unspecified atom stereocenters. The van der Waals surface area contributed by atoms with Gasteiger partial charge in [-0.2, -0.15) is 4.31 Å². The number of nitrogens with two attached hydrogens (primary N) is 1. The van der Waals surface area contributed by atoms with Gasteiger partial charge in [0.1, 0.15) is 10.7 Å². The number of amides is 1. The largest absolute Gasteiger partial charge is 0.326 e. The Morgan fingerprint density at radius 2 is 1.71 bits per heavy atom. The first-order valence-corrected chi connectivity index (χ1v) is 9.55. The number of nitrogens with one attached hydrogen (secondary N) is 1. The number of carbonyl (C=O) groups excluding carboxylic acids is 1. The van der Waals surface area contributed by atoms with E-state index in [1.807, 2.05) is 0 Å². The smallest absolute Gasteiger partial charge is 0.255 e. The van der Waals surface area contributed by atoms with Crippen molar-refractivity contribution in [2.45, 2.75) is 17.4 Å². The first kappa shape index (κ1) is 20.2. The maximum atomic E-state index is 14.1. The molecule has 6 nitrogen and oxygen atoms in total. The number of sulfonamides is 1. The lowest BCUT2D eigenvalue weighted by molar-refractivity contribution is 0.102. The van der Waals surface area contributed by atoms with Gasteiger partial charge in [-0.15, -0.1) is 0 Å². The van der Waals surface area contributed by atoms with Crippen LogP contribution < -0.4 is 11.1 Å². The van der Waals surface area contributed by atoms with Crippen molar-refractivity contribution in [3.8, 4) is 0 Å². The average Bonchev–Trinajstić information content (AvgIpc) is 3.07. The van der Waals surface area contributed by atoms with Crippen LogP contribution in [0.15, 0.2) is 35.2 Å². The molecule has 0 bridgehead atoms. The summed E-state index contributed by atoms with van der Waals surface area (Å²) in [5.41, 5.74) is 5.03. The normalized spacial score (nSPS) is 17.7. The molecular weight excluding hydrogens is 402 g/mol. The molecule has 1 aliphatic rings. The van der Waals surface area contributed by atoms with Crippen molar-refractivity contribution in [2.75, 3.05) is 18.4 Å². The highest BCUT2D eigenvalue weighted by Crippen LogP contribution is 2.25. The summed E-state index contributed by atoms with van der Waals surface area (Å²) in [6.07, 6.45) is 0.419. The molecule has 11 heteroatoms. The Morgan fingerprint density at radius 1 is 1.07 bits per heavy atom. The summed E-state index contributed by atoms with van der Waals surface area (Å²) < 4.78 is 79.9. The molecule has 2 aromatic rings. The predicted octanol–water partition coefficient (Wildman–Crippen LogP) is 2.22. The molecule has 3 rings (SSSR count). The van der Waals surface area contributed by atoms with Gasteiger partial charge in [0.2, 0.25) is 10.0 Å². The minimum absolute atomic E-state index is 0.0202. The average molecular weight is 417 g/mol. The van der Waals surface area contributed by atoms with E-state index in [1.165, 1.54) is 0 Å². The third-order valence-corrected chi connectivity index (χ3v) is 6.12. The van der Waals surface area contributed by atoms with Crippen LogP contribution in [-0.4, -0.2) is 37.8 Å². The van der Waals surface area contributed by atoms with E-state index in [0.717, 1.165) is 22.5 Å². The summed E-state index contributed by atoms with van der Waals surface area (Å²) in [6.45, 7) is 0.139. The van der Waals surface area contributed by atoms with E-state index < -0.39 is 44.1 Å². The Labute approximate surface area is 158 Å². The molecule has 1 amide bonds. The predicted molar refractivity (Wildman–Crippen MR) is 92.0 cm³/mol. The summed E-state index contributed by atoms with van der Waals surface area (Å²) in [5, 5.41) is 2.11. The van der Waals surface area contributed by atoms with E-state index in [9.17, 15) is 30.8 Å². The second kappa shape index (κ2) is 7.49. The zero-order valence-corrected chi connectivity index (χ0v) is 15.1. The lowest BCUT2D eigenvalue weighted by atomic mass is 10.2. The summed E-state index contributed by atoms with van der Waals surface area (Å²) in [4.78, 5) is 11.6. The van der Waals surface area contributed by atoms with E-state index in [4.69, 9.17) is 5.73 Å². The molecule has 1 aliphatic heterocycles. The van der Waals surface area contributed by atoms with E-state index in [-0.39, 0.29) is 30.4 Å². The van der Waals surface area contributed by atoms with Crippen LogP contribution in [0, 0.1) is 23.3 Å². The highest BCUT2D eigenvalue weighted by Gasteiger charge is 2.33. The van der Waals surface area contributed by atoms with Gasteiger partial charge in [-0.05, 0) is 24.6 Å². The number of hydrogen-bond acceptors (Lipinski definition) is 4. The summed E-state index contributed by atoms with van der Waals surface area (Å²) >= 11 is 0. The monoisotopic (exact) mass is 417 g/mol. The van der Waals surface area contributed by atoms with E-state index in [0.29, 0.717) is 18.6 Å². The fourth-order valence-corrected chi connectivity index (χ4v) is 4.39. The van der Waals surface area contributed by atoms with Crippen LogP contribution >= 0.6 is 0 Å². The Balaban J connectivity index is 1.90. The van der Waals surface area contributed by atoms with Gasteiger partial charge in [0.15, 0.2) is 17.5 Å². The minimum Gasteiger partial charge on any atom is -0.326 e. The molecule has 1 fully saturated rings. The van der Waals surface area contributed by atoms with Gasteiger partial charge >= 0.3 is 0 Å². The van der Waals surface area contributed by atoms with E-state index >= 15 is 0 Å². The van der Waals surface area contributed by atoms with Crippen LogP contribution in [0.2, 0.25) is 0 Å². The zero-order valence-electron chi connectivity index (χ0n) is 14.3. The third kappa shape index (κ3) is 3.86. The number of halogens is 4. The van der Waals surface area contributed by atoms with Crippen molar-refractivity contribution < 1.29 is 30.8 Å². The number of rotatable bonds is 4. The zero-order chi connectivity index (χ0) is 20.6. The van der Waals surface area contributed by atoms with Crippen molar-refractivity contribution in [1.82, 2.24) is 4.31 Å². The summed E-state index contributed by atoms with van der Waals surface area (Å²) in [7, 11) is -4.22. The first-order chi connectivity index (χ1) is 13.1. The molecule has 0 radical (unpaired) electrons. The van der Waals surface area contributed by atoms with Crippen molar-refractivity contribution in [3.05, 3.63) is 59.2 Å². The standard InChI is InChI=1S/C17H15F4N3O3S/c18-12-2-1-9(5-15(12)28(26,27)24-4-3-10(22)8-24)17(25)23-11-6-13(19)16(21)14(20)7-11/h1-2,5-7,10H,3-4,8,22H2,(H,23,25). The molecule has 0 saturated carbocycles. The summed E-state index contributed by atoms with van der Waals surface area (Å²) in [5.74, 6) is -6.74. The number of benzene rings is 2. The Hall–Kier alpha value is -2.50. The van der Waals surface area contributed by atoms with Crippen LogP contribution in [0.3, 0.4) is 0 Å². The lowest BCUT2D eigenvalue weighted by Gasteiger charge is -2.17. The highest BCUT2D eigenvalue weighted by molar-refractivity contribution is 7.89. The van der Waals surface area contributed by atoms with E-state index in [1.54, 1.807) is 0 Å². The maximum Gasteiger partial charge on any atom is 0.255 e. The van der Waals surface area contributed by atoms with Crippen molar-refractivity contribution >= 4 is 21.6 Å². The molecule has 0 spiro atoms. The van der Waals surface area contributed by atoms with Gasteiger partial charge < -0.3 is 11.1 Å². The van der Waals surface area contributed by atoms with Crippen LogP contribution in [0.1, 0.15) is 16.8 Å². The lowest BCUT2D eigenvalue weighted by Crippen LogP contribution is -2.32. The molecule has 1 saturated heterocycles. The fraction of sp³-hybridized carbons (Fsp3) is 0.235. The Morgan fingerprint density at radius 3 is 2.29 bits per heavy atom. The number of nitrogens with zero attached hydrogens (tertiary/aromatic N) is 1. The van der Waals surface area contributed by atoms with Gasteiger partial charge in [0.05, 0.1) is 0 Å². The molecule has 150 valence electrons. The van der Waals surface area contributed by atoms with Crippen LogP contribution in [0.5, 0.6) is 0 Å². The first-order valence-electron chi connectivity index (χ1n) is 8.11. The molecule has 0 aliphatic carbocycles. The quantitative estimate of drug-likeness (QED) is 0.590. The van der Waals surface area contributed by atoms with Gasteiger partial charge in [-0.3, -0.25) is 4.79 Å². The van der Waals surface area contributed by atoms with Gasteiger partial charge in [0, 0.05) is 42.5 Å². The van der Waals surface area contributed by atoms with Crippen LogP contribution in [0.4, 0.5) is 23.2 Å². The second-order valence-electron chi connectivity index (χ2n) is 6.27. The number of hydrogen-bond donors (Lipinski definition) is 2. The molecule has 3 N–H and O–H groups in total. The van der Waals surface area contributed by atoms with Crippen molar-refractivity contribution in [2.24, 2.45) is 5.73 Å². The molecular formula is C17H15F4N3O3S. The minimum atomic E-state index is -4.22. The van der Waals surface area contributed by atoms with Crippen molar-refractivity contribution in [3.63, 3.8) is 0 Å². The topological polar surface area (TPSA) is 92.5 Å². The number of carbonyl (C=O) groups is 1. The Bertz CT molecular complexity index is 1020. The molecule has 0 aromatic heterocycles. The number of anilines is 1. The van der Waals surface area contributed by atoms with Gasteiger partial charge in [0.25, 0.3) is 5.91 Å². The van der Waals surface area contributed by atoms with Crippen LogP contribution in [-0.2, 0) is 10.0 Å². The SMILES string of the molecule is NC1CCN(S(=O)(=O)c2cc(C(=O)Nc3cc(F)c(F)c(F)c3)ccc2F)C1. The van der Waals surface area contributed by atoms with Crippen LogP contribution in [0.25, 0.3) is 0 Å². The fourth-order valence-electron chi connectivity index (χ4n) is 2.78. The summed E-state index contributed by atoms with van der Waals surface area (Å²) in [6, 6.07) is 3.37. The molecule has 2 aromatic carbocycles. The van der Waals surface area contributed by atoms with Gasteiger partial charge in [-0.1, -0.05) is 0 Å². The second-order valence-corrected chi connectivity index (χ2v) is 8.17. The molecule has 1 heterocycles. The molecule has 1 atom stereocenters. The Kier molecular flexibility index (Phi) is 5.41. The maximum absolute atomic E-state index is 14.1.